The van der Waals surface area contributed by atoms with Gasteiger partial charge < -0.3 is 15.4 Å². The number of nitrogens with zero attached hydrogens (tertiary/aromatic N) is 1. The number of amides is 1. The smallest absolute Gasteiger partial charge is 0.269 e. The highest BCUT2D eigenvalue weighted by molar-refractivity contribution is 5.92. The predicted octanol–water partition coefficient (Wildman–Crippen LogP) is 3.36. The zero-order valence-corrected chi connectivity index (χ0v) is 12.9. The molecule has 5 heteroatoms. The molecule has 1 amide bonds. The minimum absolute atomic E-state index is 0.138. The van der Waals surface area contributed by atoms with Crippen LogP contribution < -0.4 is 15.4 Å². The second kappa shape index (κ2) is 8.02. The number of nitrogens with one attached hydrogen (secondary N) is 2. The van der Waals surface area contributed by atoms with E-state index < -0.39 is 0 Å². The number of carbonyl (C=O) groups is 1. The van der Waals surface area contributed by atoms with E-state index in [1.165, 1.54) is 0 Å². The lowest BCUT2D eigenvalue weighted by Gasteiger charge is -2.08. The molecule has 1 aromatic heterocycles. The van der Waals surface area contributed by atoms with Crippen molar-refractivity contribution in [3.05, 3.63) is 48.3 Å². The molecule has 0 saturated carbocycles. The minimum Gasteiger partial charge on any atom is -0.497 e. The summed E-state index contributed by atoms with van der Waals surface area (Å²) in [7, 11) is 1.63. The first-order chi connectivity index (χ1) is 10.7. The van der Waals surface area contributed by atoms with E-state index in [9.17, 15) is 4.79 Å². The lowest BCUT2D eigenvalue weighted by molar-refractivity contribution is 0.0948. The molecule has 0 unspecified atom stereocenters. The van der Waals surface area contributed by atoms with Crippen LogP contribution in [0.3, 0.4) is 0 Å². The maximum atomic E-state index is 11.9. The summed E-state index contributed by atoms with van der Waals surface area (Å²) in [5, 5.41) is 6.07. The molecule has 0 spiro atoms. The largest absolute Gasteiger partial charge is 0.497 e. The third kappa shape index (κ3) is 4.48. The molecular weight excluding hydrogens is 278 g/mol. The molecule has 22 heavy (non-hydrogen) atoms. The fourth-order valence-corrected chi connectivity index (χ4v) is 1.94. The Kier molecular flexibility index (Phi) is 5.77. The van der Waals surface area contributed by atoms with Crippen LogP contribution in [-0.4, -0.2) is 24.5 Å². The first-order valence-electron chi connectivity index (χ1n) is 7.38. The number of anilines is 2. The molecule has 0 atom stereocenters. The van der Waals surface area contributed by atoms with Crippen molar-refractivity contribution in [3.8, 4) is 5.75 Å². The Bertz CT molecular complexity index is 612. The number of hydrogen-bond donors (Lipinski definition) is 2. The molecule has 1 heterocycles. The Morgan fingerprint density at radius 2 is 2.09 bits per heavy atom. The molecule has 0 aliphatic rings. The molecule has 0 aliphatic carbocycles. The van der Waals surface area contributed by atoms with E-state index in [0.29, 0.717) is 12.2 Å². The summed E-state index contributed by atoms with van der Waals surface area (Å²) in [6.45, 7) is 2.77. The van der Waals surface area contributed by atoms with E-state index in [1.807, 2.05) is 30.3 Å². The Balaban J connectivity index is 1.97. The van der Waals surface area contributed by atoms with Gasteiger partial charge in [0.2, 0.25) is 0 Å². The third-order valence-corrected chi connectivity index (χ3v) is 3.17. The Morgan fingerprint density at radius 3 is 2.77 bits per heavy atom. The van der Waals surface area contributed by atoms with Crippen molar-refractivity contribution in [1.82, 2.24) is 10.3 Å². The van der Waals surface area contributed by atoms with E-state index in [0.717, 1.165) is 30.0 Å². The van der Waals surface area contributed by atoms with Gasteiger partial charge in [0.25, 0.3) is 5.91 Å². The number of ether oxygens (including phenoxy) is 1. The number of aromatic nitrogens is 1. The van der Waals surface area contributed by atoms with Gasteiger partial charge in [-0.1, -0.05) is 19.4 Å². The van der Waals surface area contributed by atoms with Gasteiger partial charge in [0, 0.05) is 18.3 Å². The Morgan fingerprint density at radius 1 is 1.23 bits per heavy atom. The van der Waals surface area contributed by atoms with E-state index in [-0.39, 0.29) is 5.91 Å². The predicted molar refractivity (Wildman–Crippen MR) is 87.8 cm³/mol. The van der Waals surface area contributed by atoms with Crippen LogP contribution in [0.15, 0.2) is 42.6 Å². The summed E-state index contributed by atoms with van der Waals surface area (Å²) in [6.07, 6.45) is 3.67. The average molecular weight is 299 g/mol. The van der Waals surface area contributed by atoms with Gasteiger partial charge >= 0.3 is 0 Å². The number of carbonyl (C=O) groups excluding carboxylic acids is 1. The molecule has 116 valence electrons. The van der Waals surface area contributed by atoms with Crippen molar-refractivity contribution < 1.29 is 9.53 Å². The Labute approximate surface area is 130 Å². The Hall–Kier alpha value is -2.56. The number of unbranched alkanes of at least 4 members (excludes halogenated alkanes) is 1. The van der Waals surface area contributed by atoms with Crippen molar-refractivity contribution in [2.24, 2.45) is 0 Å². The van der Waals surface area contributed by atoms with E-state index in [4.69, 9.17) is 4.74 Å². The van der Waals surface area contributed by atoms with E-state index in [1.54, 1.807) is 19.4 Å². The summed E-state index contributed by atoms with van der Waals surface area (Å²) in [5.41, 5.74) is 2.15. The monoisotopic (exact) mass is 299 g/mol. The second-order valence-electron chi connectivity index (χ2n) is 4.90. The molecule has 2 aromatic rings. The first-order valence-corrected chi connectivity index (χ1v) is 7.38. The summed E-state index contributed by atoms with van der Waals surface area (Å²) < 4.78 is 5.18. The molecule has 1 aromatic carbocycles. The molecular formula is C17H21N3O2. The van der Waals surface area contributed by atoms with Crippen molar-refractivity contribution in [2.45, 2.75) is 19.8 Å². The lowest BCUT2D eigenvalue weighted by atomic mass is 10.2. The average Bonchev–Trinajstić information content (AvgIpc) is 2.56. The highest BCUT2D eigenvalue weighted by Gasteiger charge is 2.06. The van der Waals surface area contributed by atoms with Crippen molar-refractivity contribution >= 4 is 17.3 Å². The highest BCUT2D eigenvalue weighted by atomic mass is 16.5. The molecule has 0 bridgehead atoms. The van der Waals surface area contributed by atoms with Crippen LogP contribution in [0.25, 0.3) is 0 Å². The quantitative estimate of drug-likeness (QED) is 0.769. The molecule has 0 radical (unpaired) electrons. The minimum atomic E-state index is -0.138. The highest BCUT2D eigenvalue weighted by Crippen LogP contribution is 2.20. The van der Waals surface area contributed by atoms with Gasteiger partial charge in [-0.05, 0) is 30.7 Å². The third-order valence-electron chi connectivity index (χ3n) is 3.17. The van der Waals surface area contributed by atoms with Crippen LogP contribution in [-0.2, 0) is 0 Å². The van der Waals surface area contributed by atoms with Crippen molar-refractivity contribution in [1.29, 1.82) is 0 Å². The number of pyridine rings is 1. The van der Waals surface area contributed by atoms with Crippen LogP contribution in [0, 0.1) is 0 Å². The summed E-state index contributed by atoms with van der Waals surface area (Å²) in [4.78, 5) is 16.1. The summed E-state index contributed by atoms with van der Waals surface area (Å²) in [6, 6.07) is 11.2. The van der Waals surface area contributed by atoms with Gasteiger partial charge in [0.15, 0.2) is 0 Å². The van der Waals surface area contributed by atoms with Gasteiger partial charge in [-0.3, -0.25) is 4.79 Å². The molecule has 0 fully saturated rings. The molecule has 2 N–H and O–H groups in total. The lowest BCUT2D eigenvalue weighted by Crippen LogP contribution is -2.25. The van der Waals surface area contributed by atoms with E-state index >= 15 is 0 Å². The maximum Gasteiger partial charge on any atom is 0.269 e. The standard InChI is InChI=1S/C17H21N3O2/c1-3-4-10-18-17(21)16-9-8-14(12-19-16)20-13-6-5-7-15(11-13)22-2/h5-9,11-12,20H,3-4,10H2,1-2H3,(H,18,21). The summed E-state index contributed by atoms with van der Waals surface area (Å²) in [5.74, 6) is 0.645. The molecule has 0 aliphatic heterocycles. The van der Waals surface area contributed by atoms with Crippen LogP contribution in [0.2, 0.25) is 0 Å². The van der Waals surface area contributed by atoms with E-state index in [2.05, 4.69) is 22.5 Å². The fourth-order valence-electron chi connectivity index (χ4n) is 1.94. The zero-order chi connectivity index (χ0) is 15.8. The fraction of sp³-hybridized carbons (Fsp3) is 0.294. The number of hydrogen-bond acceptors (Lipinski definition) is 4. The van der Waals surface area contributed by atoms with Gasteiger partial charge in [0.1, 0.15) is 11.4 Å². The van der Waals surface area contributed by atoms with Gasteiger partial charge in [-0.15, -0.1) is 0 Å². The maximum absolute atomic E-state index is 11.9. The second-order valence-corrected chi connectivity index (χ2v) is 4.90. The normalized spacial score (nSPS) is 10.1. The van der Waals surface area contributed by atoms with Gasteiger partial charge in [-0.2, -0.15) is 0 Å². The molecule has 2 rings (SSSR count). The summed E-state index contributed by atoms with van der Waals surface area (Å²) >= 11 is 0. The van der Waals surface area contributed by atoms with Crippen LogP contribution in [0.5, 0.6) is 5.75 Å². The van der Waals surface area contributed by atoms with Crippen molar-refractivity contribution in [2.75, 3.05) is 19.0 Å². The number of benzene rings is 1. The number of methoxy groups -OCH3 is 1. The van der Waals surface area contributed by atoms with Crippen molar-refractivity contribution in [3.63, 3.8) is 0 Å². The van der Waals surface area contributed by atoms with Crippen LogP contribution in [0.1, 0.15) is 30.3 Å². The van der Waals surface area contributed by atoms with Crippen LogP contribution in [0.4, 0.5) is 11.4 Å². The SMILES string of the molecule is CCCCNC(=O)c1ccc(Nc2cccc(OC)c2)cn1. The van der Waals surface area contributed by atoms with Gasteiger partial charge in [-0.25, -0.2) is 4.98 Å². The molecule has 0 saturated heterocycles. The molecule has 5 nitrogen and oxygen atoms in total. The topological polar surface area (TPSA) is 63.2 Å². The van der Waals surface area contributed by atoms with Gasteiger partial charge in [0.05, 0.1) is 19.0 Å². The number of rotatable bonds is 7. The van der Waals surface area contributed by atoms with Crippen LogP contribution >= 0.6 is 0 Å². The first kappa shape index (κ1) is 15.8. The zero-order valence-electron chi connectivity index (χ0n) is 12.9.